The molecular weight excluding hydrogens is 288 g/mol. The second-order valence-corrected chi connectivity index (χ2v) is 4.39. The van der Waals surface area contributed by atoms with Crippen molar-refractivity contribution in [2.45, 2.75) is 32.4 Å². The number of nitrogens with two attached hydrogens (primary N) is 1. The van der Waals surface area contributed by atoms with E-state index in [0.717, 1.165) is 4.57 Å². The molecule has 0 saturated heterocycles. The molecule has 0 aliphatic rings. The molecule has 1 heterocycles. The maximum Gasteiger partial charge on any atom is 0.441 e. The van der Waals surface area contributed by atoms with Gasteiger partial charge in [-0.05, 0) is 13.3 Å². The summed E-state index contributed by atoms with van der Waals surface area (Å²) in [5, 5.41) is 3.40. The molecule has 21 heavy (non-hydrogen) atoms. The van der Waals surface area contributed by atoms with Crippen molar-refractivity contribution < 1.29 is 22.8 Å². The number of allylic oxidation sites excluding steroid dienone is 2. The summed E-state index contributed by atoms with van der Waals surface area (Å²) in [5.41, 5.74) is 5.24. The van der Waals surface area contributed by atoms with Crippen LogP contribution in [0.1, 0.15) is 18.7 Å². The van der Waals surface area contributed by atoms with Gasteiger partial charge in [0.25, 0.3) is 0 Å². The van der Waals surface area contributed by atoms with Gasteiger partial charge in [-0.25, -0.2) is 13.6 Å². The van der Waals surface area contributed by atoms with Gasteiger partial charge in [-0.15, -0.1) is 0 Å². The number of carbonyl (C=O) groups is 1. The number of aryl methyl sites for hydroxylation is 1. The zero-order chi connectivity index (χ0) is 16.0. The number of hydrogen-bond acceptors (Lipinski definition) is 6. The number of alkyl halides is 1. The summed E-state index contributed by atoms with van der Waals surface area (Å²) < 4.78 is 36.6. The molecule has 7 nitrogen and oxygen atoms in total. The number of ether oxygens (including phenoxy) is 1. The molecule has 2 N–H and O–H groups in total. The molecule has 0 aliphatic carbocycles. The first-order valence-corrected chi connectivity index (χ1v) is 6.19. The standard InChI is InChI=1S/C12H17F2N3O4/c1-7-16-21-12(19)17(7)6-8(5-13)9(14)3-4-10(15)11(18)20-2/h10H,3-6,15H2,1-2H3/b9-8+. The lowest BCUT2D eigenvalue weighted by atomic mass is 10.1. The van der Waals surface area contributed by atoms with Gasteiger partial charge in [0.15, 0.2) is 5.82 Å². The summed E-state index contributed by atoms with van der Waals surface area (Å²) in [6, 6.07) is -0.985. The van der Waals surface area contributed by atoms with Gasteiger partial charge in [0, 0.05) is 12.0 Å². The van der Waals surface area contributed by atoms with Gasteiger partial charge in [0.05, 0.1) is 13.7 Å². The van der Waals surface area contributed by atoms with Crippen molar-refractivity contribution in [1.29, 1.82) is 0 Å². The number of esters is 1. The van der Waals surface area contributed by atoms with Gasteiger partial charge in [0.1, 0.15) is 18.5 Å². The van der Waals surface area contributed by atoms with Gasteiger partial charge in [0.2, 0.25) is 0 Å². The Hall–Kier alpha value is -2.03. The van der Waals surface area contributed by atoms with Crippen molar-refractivity contribution in [3.63, 3.8) is 0 Å². The van der Waals surface area contributed by atoms with Crippen molar-refractivity contribution >= 4 is 5.97 Å². The quantitative estimate of drug-likeness (QED) is 0.741. The Morgan fingerprint density at radius 3 is 2.71 bits per heavy atom. The van der Waals surface area contributed by atoms with E-state index in [-0.39, 0.29) is 30.8 Å². The summed E-state index contributed by atoms with van der Waals surface area (Å²) in [5.74, 6) is -2.01. The number of nitrogens with zero attached hydrogens (tertiary/aromatic N) is 2. The number of carbonyl (C=O) groups excluding carboxylic acids is 1. The molecule has 0 bridgehead atoms. The summed E-state index contributed by atoms with van der Waals surface area (Å²) in [7, 11) is 1.17. The first-order valence-electron chi connectivity index (χ1n) is 6.19. The molecule has 1 aromatic rings. The van der Waals surface area contributed by atoms with E-state index in [1.165, 1.54) is 14.0 Å². The fourth-order valence-electron chi connectivity index (χ4n) is 1.63. The number of aromatic nitrogens is 2. The molecular formula is C12H17F2N3O4. The van der Waals surface area contributed by atoms with Crippen LogP contribution in [0.5, 0.6) is 0 Å². The van der Waals surface area contributed by atoms with Gasteiger partial charge >= 0.3 is 11.7 Å². The number of hydrogen-bond donors (Lipinski definition) is 1. The molecule has 0 amide bonds. The number of halogens is 2. The normalized spacial score (nSPS) is 13.8. The molecule has 1 rings (SSSR count). The van der Waals surface area contributed by atoms with Gasteiger partial charge in [-0.3, -0.25) is 13.9 Å². The van der Waals surface area contributed by atoms with E-state index in [1.807, 2.05) is 0 Å². The Kier molecular flexibility index (Phi) is 6.22. The van der Waals surface area contributed by atoms with Gasteiger partial charge in [-0.1, -0.05) is 5.16 Å². The highest BCUT2D eigenvalue weighted by Crippen LogP contribution is 2.16. The van der Waals surface area contributed by atoms with Gasteiger partial charge in [-0.2, -0.15) is 0 Å². The predicted octanol–water partition coefficient (Wildman–Crippen LogP) is 0.618. The largest absolute Gasteiger partial charge is 0.468 e. The van der Waals surface area contributed by atoms with E-state index in [1.54, 1.807) is 0 Å². The third kappa shape index (κ3) is 4.48. The summed E-state index contributed by atoms with van der Waals surface area (Å²) in [6.45, 7) is 0.103. The van der Waals surface area contributed by atoms with Crippen LogP contribution in [0.25, 0.3) is 0 Å². The highest BCUT2D eigenvalue weighted by molar-refractivity contribution is 5.75. The minimum absolute atomic E-state index is 0.0282. The van der Waals surface area contributed by atoms with Gasteiger partial charge < -0.3 is 10.5 Å². The topological polar surface area (TPSA) is 100 Å². The van der Waals surface area contributed by atoms with E-state index in [2.05, 4.69) is 14.4 Å². The molecule has 0 radical (unpaired) electrons. The molecule has 0 spiro atoms. The second-order valence-electron chi connectivity index (χ2n) is 4.39. The van der Waals surface area contributed by atoms with Crippen molar-refractivity contribution in [3.8, 4) is 0 Å². The first-order chi connectivity index (χ1) is 9.90. The lowest BCUT2D eigenvalue weighted by Gasteiger charge is -2.10. The van der Waals surface area contributed by atoms with Crippen LogP contribution in [-0.4, -0.2) is 35.5 Å². The molecule has 1 atom stereocenters. The summed E-state index contributed by atoms with van der Waals surface area (Å²) in [6.07, 6.45) is -0.256. The molecule has 0 saturated carbocycles. The number of methoxy groups -OCH3 is 1. The maximum absolute atomic E-state index is 13.9. The van der Waals surface area contributed by atoms with Crippen LogP contribution in [-0.2, 0) is 16.1 Å². The Morgan fingerprint density at radius 2 is 2.24 bits per heavy atom. The number of rotatable bonds is 7. The van der Waals surface area contributed by atoms with Crippen LogP contribution in [0, 0.1) is 6.92 Å². The lowest BCUT2D eigenvalue weighted by Crippen LogP contribution is -2.31. The molecule has 1 aromatic heterocycles. The monoisotopic (exact) mass is 305 g/mol. The highest BCUT2D eigenvalue weighted by atomic mass is 19.1. The zero-order valence-corrected chi connectivity index (χ0v) is 11.8. The Balaban J connectivity index is 2.77. The van der Waals surface area contributed by atoms with Crippen LogP contribution in [0.2, 0.25) is 0 Å². The van der Waals surface area contributed by atoms with Crippen molar-refractivity contribution in [2.75, 3.05) is 13.8 Å². The highest BCUT2D eigenvalue weighted by Gasteiger charge is 2.17. The van der Waals surface area contributed by atoms with Crippen molar-refractivity contribution in [2.24, 2.45) is 5.73 Å². The van der Waals surface area contributed by atoms with Crippen molar-refractivity contribution in [3.05, 3.63) is 27.8 Å². The van der Waals surface area contributed by atoms with E-state index in [0.29, 0.717) is 0 Å². The first kappa shape index (κ1) is 17.0. The molecule has 0 fully saturated rings. The van der Waals surface area contributed by atoms with E-state index in [9.17, 15) is 18.4 Å². The second kappa shape index (κ2) is 7.67. The van der Waals surface area contributed by atoms with Crippen molar-refractivity contribution in [1.82, 2.24) is 9.72 Å². The SMILES string of the molecule is COC(=O)C(N)CC/C(F)=C(/CF)Cn1c(C)noc1=O. The molecule has 9 heteroatoms. The van der Waals surface area contributed by atoms with Crippen LogP contribution in [0.4, 0.5) is 8.78 Å². The summed E-state index contributed by atoms with van der Waals surface area (Å²) >= 11 is 0. The molecule has 1 unspecified atom stereocenters. The minimum atomic E-state index is -1.07. The molecule has 0 aliphatic heterocycles. The van der Waals surface area contributed by atoms with Crippen LogP contribution >= 0.6 is 0 Å². The van der Waals surface area contributed by atoms with Crippen LogP contribution < -0.4 is 11.5 Å². The van der Waals surface area contributed by atoms with Crippen LogP contribution in [0.15, 0.2) is 20.7 Å². The Labute approximate surface area is 119 Å². The summed E-state index contributed by atoms with van der Waals surface area (Å²) in [4.78, 5) is 22.4. The predicted molar refractivity (Wildman–Crippen MR) is 68.8 cm³/mol. The smallest absolute Gasteiger partial charge is 0.441 e. The average Bonchev–Trinajstić information content (AvgIpc) is 2.79. The fraction of sp³-hybridized carbons (Fsp3) is 0.583. The maximum atomic E-state index is 13.9. The third-order valence-corrected chi connectivity index (χ3v) is 2.94. The molecule has 0 aromatic carbocycles. The Morgan fingerprint density at radius 1 is 1.57 bits per heavy atom. The Bertz CT molecular complexity index is 579. The third-order valence-electron chi connectivity index (χ3n) is 2.94. The van der Waals surface area contributed by atoms with E-state index < -0.39 is 30.3 Å². The van der Waals surface area contributed by atoms with E-state index >= 15 is 0 Å². The lowest BCUT2D eigenvalue weighted by molar-refractivity contribution is -0.142. The zero-order valence-electron chi connectivity index (χ0n) is 11.8. The van der Waals surface area contributed by atoms with Crippen LogP contribution in [0.3, 0.4) is 0 Å². The molecule has 118 valence electrons. The average molecular weight is 305 g/mol. The fourth-order valence-corrected chi connectivity index (χ4v) is 1.63. The van der Waals surface area contributed by atoms with E-state index in [4.69, 9.17) is 5.73 Å². The minimum Gasteiger partial charge on any atom is -0.468 e.